The number of piperidine rings is 1. The molecule has 1 saturated heterocycles. The average molecular weight is 314 g/mol. The Morgan fingerprint density at radius 3 is 2.78 bits per heavy atom. The minimum atomic E-state index is -0.0605. The number of hydrogen-bond donors (Lipinski definition) is 1. The van der Waals surface area contributed by atoms with Gasteiger partial charge in [-0.2, -0.15) is 0 Å². The second-order valence-electron chi connectivity index (χ2n) is 6.85. The maximum atomic E-state index is 12.6. The summed E-state index contributed by atoms with van der Waals surface area (Å²) in [5.74, 6) is 0.506. The van der Waals surface area contributed by atoms with Crippen molar-refractivity contribution in [2.24, 2.45) is 5.92 Å². The molecule has 1 unspecified atom stereocenters. The highest BCUT2D eigenvalue weighted by atomic mass is 16.2. The van der Waals surface area contributed by atoms with E-state index in [2.05, 4.69) is 10.1 Å². The van der Waals surface area contributed by atoms with Gasteiger partial charge in [0.15, 0.2) is 5.65 Å². The summed E-state index contributed by atoms with van der Waals surface area (Å²) in [6.07, 6.45) is 5.15. The zero-order chi connectivity index (χ0) is 16.1. The molecule has 0 radical (unpaired) electrons. The van der Waals surface area contributed by atoms with E-state index in [0.29, 0.717) is 11.2 Å². The number of H-pyrrole nitrogens is 1. The van der Waals surface area contributed by atoms with E-state index in [1.54, 1.807) is 6.92 Å². The number of hydrogen-bond acceptors (Lipinski definition) is 3. The van der Waals surface area contributed by atoms with E-state index in [0.717, 1.165) is 50.0 Å². The van der Waals surface area contributed by atoms with Crippen LogP contribution < -0.4 is 5.56 Å². The normalized spacial score (nSPS) is 21.8. The molecule has 1 N–H and O–H groups in total. The van der Waals surface area contributed by atoms with Gasteiger partial charge >= 0.3 is 0 Å². The van der Waals surface area contributed by atoms with Crippen LogP contribution in [0.1, 0.15) is 55.1 Å². The molecule has 2 aliphatic rings. The van der Waals surface area contributed by atoms with Crippen LogP contribution in [0.4, 0.5) is 0 Å². The highest BCUT2D eigenvalue weighted by molar-refractivity contribution is 5.81. The number of amides is 1. The number of aromatic amines is 1. The third-order valence-electron chi connectivity index (χ3n) is 5.17. The maximum absolute atomic E-state index is 12.6. The predicted octanol–water partition coefficient (Wildman–Crippen LogP) is 2.10. The Morgan fingerprint density at radius 2 is 2.04 bits per heavy atom. The number of likely N-dealkylation sites (tertiary alicyclic amines) is 1. The fourth-order valence-electron chi connectivity index (χ4n) is 3.49. The molecule has 1 atom stereocenters. The third-order valence-corrected chi connectivity index (χ3v) is 5.17. The molecule has 0 aromatic carbocycles. The molecule has 6 heteroatoms. The van der Waals surface area contributed by atoms with Gasteiger partial charge in [0.2, 0.25) is 5.91 Å². The van der Waals surface area contributed by atoms with Crippen molar-refractivity contribution in [3.05, 3.63) is 33.4 Å². The van der Waals surface area contributed by atoms with E-state index in [1.807, 2.05) is 17.9 Å². The van der Waals surface area contributed by atoms with Crippen LogP contribution in [0.25, 0.3) is 5.65 Å². The van der Waals surface area contributed by atoms with Crippen molar-refractivity contribution in [1.82, 2.24) is 19.5 Å². The van der Waals surface area contributed by atoms with Crippen LogP contribution in [0.5, 0.6) is 0 Å². The second kappa shape index (κ2) is 5.22. The quantitative estimate of drug-likeness (QED) is 0.923. The monoisotopic (exact) mass is 314 g/mol. The van der Waals surface area contributed by atoms with Crippen LogP contribution in [0.2, 0.25) is 0 Å². The first-order valence-electron chi connectivity index (χ1n) is 8.45. The standard InChI is InChI=1S/C17H22N4O2/c1-10-11(2)18-15-9-13(19-21(15)16(10)22)14-5-3-4-8-20(14)17(23)12-6-7-12/h9,12,14,19H,3-8H2,1-2H3. The fourth-order valence-corrected chi connectivity index (χ4v) is 3.49. The molecule has 2 aromatic rings. The number of rotatable bonds is 2. The molecule has 1 saturated carbocycles. The van der Waals surface area contributed by atoms with Crippen molar-refractivity contribution in [1.29, 1.82) is 0 Å². The molecule has 4 rings (SSSR count). The highest BCUT2D eigenvalue weighted by Crippen LogP contribution is 2.37. The zero-order valence-corrected chi connectivity index (χ0v) is 13.6. The van der Waals surface area contributed by atoms with E-state index in [4.69, 9.17) is 0 Å². The van der Waals surface area contributed by atoms with Gasteiger partial charge in [-0.3, -0.25) is 14.7 Å². The van der Waals surface area contributed by atoms with Crippen LogP contribution in [0.15, 0.2) is 10.9 Å². The number of aromatic nitrogens is 3. The lowest BCUT2D eigenvalue weighted by Gasteiger charge is -2.35. The zero-order valence-electron chi connectivity index (χ0n) is 13.6. The van der Waals surface area contributed by atoms with E-state index in [1.165, 1.54) is 4.52 Å². The van der Waals surface area contributed by atoms with Gasteiger partial charge in [-0.05, 0) is 46.0 Å². The summed E-state index contributed by atoms with van der Waals surface area (Å²) in [5.41, 5.74) is 2.92. The van der Waals surface area contributed by atoms with Crippen LogP contribution in [0.3, 0.4) is 0 Å². The molecule has 0 bridgehead atoms. The molecule has 122 valence electrons. The number of fused-ring (bicyclic) bond motifs is 1. The minimum Gasteiger partial charge on any atom is -0.334 e. The van der Waals surface area contributed by atoms with Crippen LogP contribution >= 0.6 is 0 Å². The number of carbonyl (C=O) groups excluding carboxylic acids is 1. The Bertz CT molecular complexity index is 831. The van der Waals surface area contributed by atoms with E-state index >= 15 is 0 Å². The highest BCUT2D eigenvalue weighted by Gasteiger charge is 2.38. The van der Waals surface area contributed by atoms with Gasteiger partial charge in [-0.15, -0.1) is 0 Å². The third kappa shape index (κ3) is 2.36. The largest absolute Gasteiger partial charge is 0.334 e. The lowest BCUT2D eigenvalue weighted by molar-refractivity contribution is -0.136. The Morgan fingerprint density at radius 1 is 1.26 bits per heavy atom. The average Bonchev–Trinajstić information content (AvgIpc) is 3.32. The van der Waals surface area contributed by atoms with Crippen molar-refractivity contribution < 1.29 is 4.79 Å². The summed E-state index contributed by atoms with van der Waals surface area (Å²) >= 11 is 0. The Balaban J connectivity index is 1.75. The molecule has 1 amide bonds. The van der Waals surface area contributed by atoms with Gasteiger partial charge in [0, 0.05) is 29.8 Å². The van der Waals surface area contributed by atoms with Gasteiger partial charge < -0.3 is 4.90 Å². The molecule has 0 spiro atoms. The van der Waals surface area contributed by atoms with Crippen LogP contribution in [0, 0.1) is 19.8 Å². The molecular weight excluding hydrogens is 292 g/mol. The summed E-state index contributed by atoms with van der Waals surface area (Å²) in [7, 11) is 0. The Kier molecular flexibility index (Phi) is 3.28. The second-order valence-corrected chi connectivity index (χ2v) is 6.85. The number of nitrogens with one attached hydrogen (secondary N) is 1. The summed E-state index contributed by atoms with van der Waals surface area (Å²) in [4.78, 5) is 31.5. The summed E-state index contributed by atoms with van der Waals surface area (Å²) in [6.45, 7) is 4.46. The number of aryl methyl sites for hydroxylation is 1. The molecular formula is C17H22N4O2. The Labute approximate surface area is 134 Å². The fraction of sp³-hybridized carbons (Fsp3) is 0.588. The molecule has 3 heterocycles. The van der Waals surface area contributed by atoms with Crippen molar-refractivity contribution in [2.45, 2.75) is 52.0 Å². The first-order chi connectivity index (χ1) is 11.1. The SMILES string of the molecule is Cc1nc2cc(C3CCCCN3C(=O)C3CC3)[nH]n2c(=O)c1C. The van der Waals surface area contributed by atoms with Crippen LogP contribution in [-0.4, -0.2) is 31.9 Å². The van der Waals surface area contributed by atoms with Gasteiger partial charge in [-0.25, -0.2) is 9.50 Å². The van der Waals surface area contributed by atoms with E-state index in [9.17, 15) is 9.59 Å². The van der Waals surface area contributed by atoms with Crippen LogP contribution in [-0.2, 0) is 4.79 Å². The molecule has 1 aliphatic heterocycles. The van der Waals surface area contributed by atoms with E-state index < -0.39 is 0 Å². The lowest BCUT2D eigenvalue weighted by Crippen LogP contribution is -2.39. The smallest absolute Gasteiger partial charge is 0.275 e. The van der Waals surface area contributed by atoms with Crippen molar-refractivity contribution in [3.63, 3.8) is 0 Å². The summed E-state index contributed by atoms with van der Waals surface area (Å²) in [5, 5.41) is 3.19. The molecule has 1 aliphatic carbocycles. The van der Waals surface area contributed by atoms with Crippen molar-refractivity contribution in [2.75, 3.05) is 6.54 Å². The lowest BCUT2D eigenvalue weighted by atomic mass is 9.99. The first kappa shape index (κ1) is 14.5. The topological polar surface area (TPSA) is 70.5 Å². The predicted molar refractivity (Wildman–Crippen MR) is 86.3 cm³/mol. The van der Waals surface area contributed by atoms with Gasteiger partial charge in [0.25, 0.3) is 5.56 Å². The van der Waals surface area contributed by atoms with E-state index in [-0.39, 0.29) is 23.4 Å². The van der Waals surface area contributed by atoms with Gasteiger partial charge in [0.05, 0.1) is 11.7 Å². The number of carbonyl (C=O) groups is 1. The first-order valence-corrected chi connectivity index (χ1v) is 8.45. The minimum absolute atomic E-state index is 0.0403. The van der Waals surface area contributed by atoms with Crippen molar-refractivity contribution >= 4 is 11.6 Å². The maximum Gasteiger partial charge on any atom is 0.275 e. The summed E-state index contributed by atoms with van der Waals surface area (Å²) < 4.78 is 1.51. The summed E-state index contributed by atoms with van der Waals surface area (Å²) in [6, 6.07) is 1.97. The van der Waals surface area contributed by atoms with Crippen molar-refractivity contribution in [3.8, 4) is 0 Å². The molecule has 2 aromatic heterocycles. The molecule has 23 heavy (non-hydrogen) atoms. The molecule has 2 fully saturated rings. The number of nitrogens with zero attached hydrogens (tertiary/aromatic N) is 3. The van der Waals surface area contributed by atoms with Gasteiger partial charge in [-0.1, -0.05) is 0 Å². The molecule has 6 nitrogen and oxygen atoms in total. The Hall–Kier alpha value is -2.11. The van der Waals surface area contributed by atoms with Gasteiger partial charge in [0.1, 0.15) is 0 Å².